The van der Waals surface area contributed by atoms with E-state index in [2.05, 4.69) is 0 Å². The smallest absolute Gasteiger partial charge is 0.347 e. The quantitative estimate of drug-likeness (QED) is 0.842. The molecular formula is C10H7Cl3F3NO. The lowest BCUT2D eigenvalue weighted by molar-refractivity contribution is -0.138. The number of amides is 1. The summed E-state index contributed by atoms with van der Waals surface area (Å²) in [5.74, 6) is -0.776. The zero-order chi connectivity index (χ0) is 13.9. The van der Waals surface area contributed by atoms with Gasteiger partial charge < -0.3 is 5.32 Å². The number of halogens is 6. The minimum Gasteiger partial charge on any atom is -0.347 e. The molecule has 1 N–H and O–H groups in total. The Morgan fingerprint density at radius 2 is 1.67 bits per heavy atom. The molecule has 0 heterocycles. The highest BCUT2D eigenvalue weighted by Crippen LogP contribution is 2.31. The SMILES string of the molecule is O=C(Cc1cc(Cl)c(Cl)c(Cl)c1)NCC(F)(F)F. The summed E-state index contributed by atoms with van der Waals surface area (Å²) in [5.41, 5.74) is 0.383. The lowest BCUT2D eigenvalue weighted by Gasteiger charge is -2.09. The maximum atomic E-state index is 11.9. The van der Waals surface area contributed by atoms with Gasteiger partial charge in [-0.1, -0.05) is 34.8 Å². The fraction of sp³-hybridized carbons (Fsp3) is 0.300. The van der Waals surface area contributed by atoms with Crippen molar-refractivity contribution in [1.82, 2.24) is 5.32 Å². The monoisotopic (exact) mass is 319 g/mol. The third kappa shape index (κ3) is 4.92. The van der Waals surface area contributed by atoms with Gasteiger partial charge in [0.2, 0.25) is 5.91 Å². The highest BCUT2D eigenvalue weighted by molar-refractivity contribution is 6.48. The summed E-state index contributed by atoms with van der Waals surface area (Å²) in [6.45, 7) is -1.37. The van der Waals surface area contributed by atoms with Gasteiger partial charge in [0.1, 0.15) is 6.54 Å². The zero-order valence-corrected chi connectivity index (χ0v) is 11.0. The lowest BCUT2D eigenvalue weighted by Crippen LogP contribution is -2.34. The van der Waals surface area contributed by atoms with Gasteiger partial charge in [0.05, 0.1) is 21.5 Å². The summed E-state index contributed by atoms with van der Waals surface area (Å²) in [5, 5.41) is 2.16. The summed E-state index contributed by atoms with van der Waals surface area (Å²) >= 11 is 17.1. The number of rotatable bonds is 3. The van der Waals surface area contributed by atoms with Crippen LogP contribution in [-0.4, -0.2) is 18.6 Å². The molecule has 0 unspecified atom stereocenters. The molecule has 0 atom stereocenters. The molecule has 0 saturated heterocycles. The molecule has 0 bridgehead atoms. The molecule has 0 radical (unpaired) electrons. The summed E-state index contributed by atoms with van der Waals surface area (Å²) < 4.78 is 35.6. The van der Waals surface area contributed by atoms with Crippen LogP contribution in [0.2, 0.25) is 15.1 Å². The first kappa shape index (κ1) is 15.4. The number of carbonyl (C=O) groups excluding carboxylic acids is 1. The van der Waals surface area contributed by atoms with Gasteiger partial charge in [-0.3, -0.25) is 4.79 Å². The number of nitrogens with one attached hydrogen (secondary N) is 1. The molecule has 0 aliphatic heterocycles. The third-order valence-electron chi connectivity index (χ3n) is 1.89. The number of benzene rings is 1. The standard InChI is InChI=1S/C10H7Cl3F3NO/c11-6-1-5(2-7(12)9(6)13)3-8(18)17-4-10(14,15)16/h1-2H,3-4H2,(H,17,18). The average Bonchev–Trinajstić information content (AvgIpc) is 2.22. The summed E-state index contributed by atoms with van der Waals surface area (Å²) in [6.07, 6.45) is -4.70. The number of carbonyl (C=O) groups is 1. The van der Waals surface area contributed by atoms with Crippen molar-refractivity contribution in [2.45, 2.75) is 12.6 Å². The Kier molecular flexibility index (Phi) is 5.13. The van der Waals surface area contributed by atoms with Gasteiger partial charge >= 0.3 is 6.18 Å². The Morgan fingerprint density at radius 1 is 1.17 bits per heavy atom. The topological polar surface area (TPSA) is 29.1 Å². The van der Waals surface area contributed by atoms with Crippen LogP contribution in [-0.2, 0) is 11.2 Å². The van der Waals surface area contributed by atoms with Crippen molar-refractivity contribution in [1.29, 1.82) is 0 Å². The van der Waals surface area contributed by atoms with Crippen LogP contribution in [0.5, 0.6) is 0 Å². The molecule has 8 heteroatoms. The Morgan fingerprint density at radius 3 is 2.11 bits per heavy atom. The van der Waals surface area contributed by atoms with E-state index in [-0.39, 0.29) is 21.5 Å². The zero-order valence-electron chi connectivity index (χ0n) is 8.74. The van der Waals surface area contributed by atoms with E-state index in [0.29, 0.717) is 5.56 Å². The minimum atomic E-state index is -4.44. The van der Waals surface area contributed by atoms with Crippen molar-refractivity contribution in [2.75, 3.05) is 6.54 Å². The van der Waals surface area contributed by atoms with E-state index in [0.717, 1.165) is 0 Å². The lowest BCUT2D eigenvalue weighted by atomic mass is 10.1. The second kappa shape index (κ2) is 5.99. The molecule has 0 spiro atoms. The second-order valence-electron chi connectivity index (χ2n) is 3.44. The molecule has 2 nitrogen and oxygen atoms in total. The molecule has 0 fully saturated rings. The Balaban J connectivity index is 2.65. The van der Waals surface area contributed by atoms with Crippen molar-refractivity contribution < 1.29 is 18.0 Å². The van der Waals surface area contributed by atoms with Crippen LogP contribution < -0.4 is 5.32 Å². The van der Waals surface area contributed by atoms with Gasteiger partial charge in [0, 0.05) is 0 Å². The molecule has 1 rings (SSSR count). The van der Waals surface area contributed by atoms with E-state index < -0.39 is 18.6 Å². The van der Waals surface area contributed by atoms with E-state index in [1.807, 2.05) is 0 Å². The minimum absolute atomic E-state index is 0.137. The van der Waals surface area contributed by atoms with Crippen molar-refractivity contribution in [3.63, 3.8) is 0 Å². The summed E-state index contributed by atoms with van der Waals surface area (Å²) in [4.78, 5) is 11.2. The number of hydrogen-bond donors (Lipinski definition) is 1. The van der Waals surface area contributed by atoms with Gasteiger partial charge in [-0.25, -0.2) is 0 Å². The molecule has 0 aliphatic carbocycles. The van der Waals surface area contributed by atoms with Crippen LogP contribution in [0.15, 0.2) is 12.1 Å². The van der Waals surface area contributed by atoms with E-state index in [9.17, 15) is 18.0 Å². The highest BCUT2D eigenvalue weighted by atomic mass is 35.5. The Labute approximate surface area is 116 Å². The largest absolute Gasteiger partial charge is 0.405 e. The number of alkyl halides is 3. The van der Waals surface area contributed by atoms with E-state index in [1.54, 1.807) is 5.32 Å². The Hall–Kier alpha value is -0.650. The van der Waals surface area contributed by atoms with Crippen molar-refractivity contribution in [3.8, 4) is 0 Å². The van der Waals surface area contributed by atoms with Crippen LogP contribution in [0.4, 0.5) is 13.2 Å². The van der Waals surface area contributed by atoms with Crippen LogP contribution in [0.3, 0.4) is 0 Å². The molecule has 100 valence electrons. The van der Waals surface area contributed by atoms with Gasteiger partial charge in [0.25, 0.3) is 0 Å². The number of hydrogen-bond acceptors (Lipinski definition) is 1. The summed E-state index contributed by atoms with van der Waals surface area (Å²) in [6, 6.07) is 2.76. The molecule has 1 amide bonds. The molecule has 1 aromatic rings. The van der Waals surface area contributed by atoms with Crippen molar-refractivity contribution in [2.24, 2.45) is 0 Å². The Bertz CT molecular complexity index is 439. The third-order valence-corrected chi connectivity index (χ3v) is 3.09. The molecular weight excluding hydrogens is 313 g/mol. The van der Waals surface area contributed by atoms with E-state index in [1.165, 1.54) is 12.1 Å². The first-order valence-electron chi connectivity index (χ1n) is 4.66. The second-order valence-corrected chi connectivity index (χ2v) is 4.63. The first-order chi connectivity index (χ1) is 8.19. The van der Waals surface area contributed by atoms with E-state index >= 15 is 0 Å². The van der Waals surface area contributed by atoms with Gasteiger partial charge in [-0.2, -0.15) is 13.2 Å². The van der Waals surface area contributed by atoms with Gasteiger partial charge in [0.15, 0.2) is 0 Å². The van der Waals surface area contributed by atoms with E-state index in [4.69, 9.17) is 34.8 Å². The normalized spacial score (nSPS) is 11.4. The van der Waals surface area contributed by atoms with Crippen molar-refractivity contribution in [3.05, 3.63) is 32.8 Å². The molecule has 0 aliphatic rings. The molecule has 18 heavy (non-hydrogen) atoms. The molecule has 1 aromatic carbocycles. The molecule has 0 aromatic heterocycles. The predicted molar refractivity (Wildman–Crippen MR) is 64.2 cm³/mol. The summed E-state index contributed by atoms with van der Waals surface area (Å²) in [7, 11) is 0. The maximum absolute atomic E-state index is 11.9. The van der Waals surface area contributed by atoms with Gasteiger partial charge in [-0.15, -0.1) is 0 Å². The van der Waals surface area contributed by atoms with Crippen LogP contribution in [0.25, 0.3) is 0 Å². The highest BCUT2D eigenvalue weighted by Gasteiger charge is 2.27. The van der Waals surface area contributed by atoms with Crippen LogP contribution in [0.1, 0.15) is 5.56 Å². The fourth-order valence-electron chi connectivity index (χ4n) is 1.16. The predicted octanol–water partition coefficient (Wildman–Crippen LogP) is 3.87. The van der Waals surface area contributed by atoms with Crippen LogP contribution >= 0.6 is 34.8 Å². The van der Waals surface area contributed by atoms with Crippen LogP contribution in [0, 0.1) is 0 Å². The fourth-order valence-corrected chi connectivity index (χ4v) is 1.80. The van der Waals surface area contributed by atoms with Crippen molar-refractivity contribution >= 4 is 40.7 Å². The van der Waals surface area contributed by atoms with Gasteiger partial charge in [-0.05, 0) is 17.7 Å². The first-order valence-corrected chi connectivity index (χ1v) is 5.79. The average molecular weight is 321 g/mol. The maximum Gasteiger partial charge on any atom is 0.405 e. The molecule has 0 saturated carbocycles.